The molecule has 21 heavy (non-hydrogen) atoms. The Kier molecular flexibility index (Phi) is 3.21. The van der Waals surface area contributed by atoms with E-state index in [0.717, 1.165) is 23.7 Å². The van der Waals surface area contributed by atoms with Gasteiger partial charge in [-0.3, -0.25) is 0 Å². The van der Waals surface area contributed by atoms with Crippen LogP contribution in [0.3, 0.4) is 0 Å². The van der Waals surface area contributed by atoms with Crippen LogP contribution in [0.2, 0.25) is 0 Å². The van der Waals surface area contributed by atoms with E-state index in [4.69, 9.17) is 0 Å². The molecule has 2 nitrogen and oxygen atoms in total. The maximum absolute atomic E-state index is 14.0. The number of nitrogens with one attached hydrogen (secondary N) is 1. The Morgan fingerprint density at radius 3 is 2.29 bits per heavy atom. The third kappa shape index (κ3) is 2.36. The second kappa shape index (κ2) is 4.98. The summed E-state index contributed by atoms with van der Waals surface area (Å²) in [7, 11) is 0. The summed E-state index contributed by atoms with van der Waals surface area (Å²) in [6, 6.07) is 5.06. The molecule has 4 saturated carbocycles. The average molecular weight is 289 g/mol. The topological polar surface area (TPSA) is 32.3 Å². The molecule has 0 aromatic heterocycles. The molecule has 4 fully saturated rings. The molecule has 0 amide bonds. The molecular weight excluding hydrogens is 265 g/mol. The molecule has 4 aliphatic rings. The smallest absolute Gasteiger partial charge is 0.131 e. The molecule has 2 N–H and O–H groups in total. The van der Waals surface area contributed by atoms with Crippen LogP contribution in [0.5, 0.6) is 5.75 Å². The highest BCUT2D eigenvalue weighted by atomic mass is 19.1. The molecule has 1 aromatic carbocycles. The van der Waals surface area contributed by atoms with Crippen LogP contribution in [0.1, 0.15) is 50.6 Å². The summed E-state index contributed by atoms with van der Waals surface area (Å²) in [5, 5.41) is 13.1. The summed E-state index contributed by atoms with van der Waals surface area (Å²) in [6.45, 7) is 2.04. The van der Waals surface area contributed by atoms with Crippen LogP contribution < -0.4 is 5.32 Å². The van der Waals surface area contributed by atoms with Crippen molar-refractivity contribution in [1.29, 1.82) is 0 Å². The van der Waals surface area contributed by atoms with Gasteiger partial charge in [0, 0.05) is 23.7 Å². The predicted octanol–water partition coefficient (Wildman–Crippen LogP) is 4.01. The van der Waals surface area contributed by atoms with Gasteiger partial charge in [-0.25, -0.2) is 4.39 Å². The highest BCUT2D eigenvalue weighted by Gasteiger charge is 2.48. The summed E-state index contributed by atoms with van der Waals surface area (Å²) in [5.74, 6) is 3.21. The van der Waals surface area contributed by atoms with Crippen molar-refractivity contribution in [1.82, 2.24) is 5.32 Å². The number of phenols is 1. The Balaban J connectivity index is 1.50. The zero-order chi connectivity index (χ0) is 14.6. The molecular formula is C18H24FNO. The fourth-order valence-corrected chi connectivity index (χ4v) is 5.44. The van der Waals surface area contributed by atoms with Crippen molar-refractivity contribution in [3.63, 3.8) is 0 Å². The molecule has 5 rings (SSSR count). The Hall–Kier alpha value is -1.09. The van der Waals surface area contributed by atoms with E-state index < -0.39 is 0 Å². The van der Waals surface area contributed by atoms with Crippen LogP contribution in [0.4, 0.5) is 4.39 Å². The van der Waals surface area contributed by atoms with E-state index in [0.29, 0.717) is 11.6 Å². The van der Waals surface area contributed by atoms with Gasteiger partial charge in [-0.05, 0) is 68.8 Å². The van der Waals surface area contributed by atoms with Crippen molar-refractivity contribution in [2.24, 2.45) is 23.7 Å². The summed E-state index contributed by atoms with van der Waals surface area (Å²) in [6.07, 6.45) is 6.94. The predicted molar refractivity (Wildman–Crippen MR) is 80.4 cm³/mol. The maximum atomic E-state index is 14.0. The lowest BCUT2D eigenvalue weighted by molar-refractivity contribution is -0.0172. The normalized spacial score (nSPS) is 38.7. The highest BCUT2D eigenvalue weighted by Crippen LogP contribution is 2.54. The molecule has 1 aromatic rings. The molecule has 114 valence electrons. The molecule has 4 bridgehead atoms. The quantitative estimate of drug-likeness (QED) is 0.881. The number of hydrogen-bond acceptors (Lipinski definition) is 2. The van der Waals surface area contributed by atoms with E-state index in [-0.39, 0.29) is 17.6 Å². The SMILES string of the molecule is CC(NC1C2CC3CC(C2)CC1C3)c1ccc(O)cc1F. The van der Waals surface area contributed by atoms with Crippen LogP contribution in [0.15, 0.2) is 18.2 Å². The minimum atomic E-state index is -0.307. The minimum absolute atomic E-state index is 0.00178. The first kappa shape index (κ1) is 13.6. The largest absolute Gasteiger partial charge is 0.508 e. The number of hydrogen-bond donors (Lipinski definition) is 2. The Morgan fingerprint density at radius 2 is 1.71 bits per heavy atom. The molecule has 0 saturated heterocycles. The number of rotatable bonds is 3. The van der Waals surface area contributed by atoms with E-state index in [1.54, 1.807) is 12.1 Å². The van der Waals surface area contributed by atoms with Crippen molar-refractivity contribution < 1.29 is 9.50 Å². The average Bonchev–Trinajstić information content (AvgIpc) is 2.41. The second-order valence-corrected chi connectivity index (χ2v) is 7.55. The number of halogens is 1. The van der Waals surface area contributed by atoms with Crippen molar-refractivity contribution >= 4 is 0 Å². The molecule has 0 radical (unpaired) electrons. The molecule has 1 unspecified atom stereocenters. The molecule has 0 heterocycles. The van der Waals surface area contributed by atoms with E-state index in [1.807, 2.05) is 6.92 Å². The van der Waals surface area contributed by atoms with Gasteiger partial charge in [-0.1, -0.05) is 6.07 Å². The molecule has 4 aliphatic carbocycles. The first-order chi connectivity index (χ1) is 10.1. The van der Waals surface area contributed by atoms with E-state index >= 15 is 0 Å². The van der Waals surface area contributed by atoms with Crippen LogP contribution in [0.25, 0.3) is 0 Å². The molecule has 0 spiro atoms. The van der Waals surface area contributed by atoms with Gasteiger partial charge in [0.15, 0.2) is 0 Å². The fraction of sp³-hybridized carbons (Fsp3) is 0.667. The third-order valence-electron chi connectivity index (χ3n) is 6.12. The van der Waals surface area contributed by atoms with Gasteiger partial charge in [0.25, 0.3) is 0 Å². The Bertz CT molecular complexity index is 516. The first-order valence-electron chi connectivity index (χ1n) is 8.34. The fourth-order valence-electron chi connectivity index (χ4n) is 5.44. The van der Waals surface area contributed by atoms with Crippen LogP contribution in [-0.4, -0.2) is 11.1 Å². The van der Waals surface area contributed by atoms with E-state index in [1.165, 1.54) is 38.2 Å². The Labute approximate surface area is 125 Å². The van der Waals surface area contributed by atoms with Gasteiger partial charge in [0.2, 0.25) is 0 Å². The van der Waals surface area contributed by atoms with E-state index in [2.05, 4.69) is 5.32 Å². The van der Waals surface area contributed by atoms with Crippen molar-refractivity contribution in [3.05, 3.63) is 29.6 Å². The van der Waals surface area contributed by atoms with Crippen LogP contribution >= 0.6 is 0 Å². The minimum Gasteiger partial charge on any atom is -0.508 e. The number of aromatic hydroxyl groups is 1. The van der Waals surface area contributed by atoms with Gasteiger partial charge in [0.05, 0.1) is 0 Å². The van der Waals surface area contributed by atoms with Gasteiger partial charge >= 0.3 is 0 Å². The van der Waals surface area contributed by atoms with Crippen molar-refractivity contribution in [2.45, 2.75) is 51.1 Å². The third-order valence-corrected chi connectivity index (χ3v) is 6.12. The highest BCUT2D eigenvalue weighted by molar-refractivity contribution is 5.29. The van der Waals surface area contributed by atoms with Gasteiger partial charge in [-0.2, -0.15) is 0 Å². The monoisotopic (exact) mass is 289 g/mol. The summed E-state index contributed by atoms with van der Waals surface area (Å²) in [4.78, 5) is 0. The molecule has 3 heteroatoms. The lowest BCUT2D eigenvalue weighted by Crippen LogP contribution is -2.54. The summed E-state index contributed by atoms with van der Waals surface area (Å²) < 4.78 is 14.0. The summed E-state index contributed by atoms with van der Waals surface area (Å²) >= 11 is 0. The van der Waals surface area contributed by atoms with Crippen molar-refractivity contribution in [3.8, 4) is 5.75 Å². The zero-order valence-corrected chi connectivity index (χ0v) is 12.6. The molecule has 0 aliphatic heterocycles. The van der Waals surface area contributed by atoms with Crippen LogP contribution in [-0.2, 0) is 0 Å². The lowest BCUT2D eigenvalue weighted by Gasteiger charge is -2.55. The second-order valence-electron chi connectivity index (χ2n) is 7.55. The molecule has 1 atom stereocenters. The standard InChI is InChI=1S/C18H24FNO/c1-10(16-3-2-15(21)9-17(16)19)20-18-13-5-11-4-12(7-13)8-14(18)6-11/h2-3,9-14,18,20-21H,4-8H2,1H3. The van der Waals surface area contributed by atoms with Gasteiger partial charge in [-0.15, -0.1) is 0 Å². The lowest BCUT2D eigenvalue weighted by atomic mass is 9.54. The van der Waals surface area contributed by atoms with Crippen molar-refractivity contribution in [2.75, 3.05) is 0 Å². The van der Waals surface area contributed by atoms with Gasteiger partial charge in [0.1, 0.15) is 11.6 Å². The Morgan fingerprint density at radius 1 is 1.10 bits per heavy atom. The van der Waals surface area contributed by atoms with E-state index in [9.17, 15) is 9.50 Å². The maximum Gasteiger partial charge on any atom is 0.131 e. The number of benzene rings is 1. The van der Waals surface area contributed by atoms with Gasteiger partial charge < -0.3 is 10.4 Å². The number of phenolic OH excluding ortho intramolecular Hbond substituents is 1. The summed E-state index contributed by atoms with van der Waals surface area (Å²) in [5.41, 5.74) is 0.668. The zero-order valence-electron chi connectivity index (χ0n) is 12.6. The van der Waals surface area contributed by atoms with Crippen LogP contribution in [0, 0.1) is 29.5 Å². The first-order valence-corrected chi connectivity index (χ1v) is 8.34.